The number of aliphatic hydroxyl groups excluding tert-OH is 7. The Morgan fingerprint density at radius 3 is 2.23 bits per heavy atom. The fraction of sp³-hybridized carbons (Fsp3) is 0.923. The fourth-order valence-corrected chi connectivity index (χ4v) is 3.45. The molecule has 1 spiro atoms. The smallest absolute Gasteiger partial charge is 0.348 e. The van der Waals surface area contributed by atoms with Gasteiger partial charge in [0.25, 0.3) is 0 Å². The van der Waals surface area contributed by atoms with Crippen LogP contribution in [0.15, 0.2) is 0 Å². The molecule has 1 unspecified atom stereocenters. The van der Waals surface area contributed by atoms with Crippen molar-refractivity contribution in [3.05, 3.63) is 0 Å². The zero-order valence-corrected chi connectivity index (χ0v) is 13.8. The van der Waals surface area contributed by atoms with Gasteiger partial charge in [-0.15, -0.1) is 0 Å². The molecular formula is C13H19ClO12. The molecule has 3 rings (SSSR count). The third-order valence-corrected chi connectivity index (χ3v) is 5.11. The van der Waals surface area contributed by atoms with Gasteiger partial charge in [0.1, 0.15) is 42.7 Å². The predicted molar refractivity (Wildman–Crippen MR) is 76.2 cm³/mol. The van der Waals surface area contributed by atoms with Gasteiger partial charge in [0.05, 0.1) is 6.61 Å². The molecule has 0 radical (unpaired) electrons. The van der Waals surface area contributed by atoms with Gasteiger partial charge in [0.15, 0.2) is 12.6 Å². The first-order chi connectivity index (χ1) is 12.1. The van der Waals surface area contributed by atoms with Crippen molar-refractivity contribution >= 4 is 17.6 Å². The lowest BCUT2D eigenvalue weighted by Crippen LogP contribution is -2.77. The number of carbonyl (C=O) groups excluding carboxylic acids is 1. The third kappa shape index (κ3) is 2.82. The largest absolute Gasteiger partial charge is 0.440 e. The Hall–Kier alpha value is -0.640. The Kier molecular flexibility index (Phi) is 5.47. The van der Waals surface area contributed by atoms with Crippen LogP contribution in [0.25, 0.3) is 0 Å². The van der Waals surface area contributed by atoms with Crippen LogP contribution >= 0.6 is 11.6 Å². The van der Waals surface area contributed by atoms with Crippen molar-refractivity contribution in [2.24, 2.45) is 0 Å². The van der Waals surface area contributed by atoms with E-state index in [0.717, 1.165) is 0 Å². The van der Waals surface area contributed by atoms with Crippen LogP contribution in [0, 0.1) is 0 Å². The summed E-state index contributed by atoms with van der Waals surface area (Å²) in [6.45, 7) is -0.745. The number of esters is 1. The SMILES string of the molecule is O=C1OC(Cl)[C@]12O[C@@H](O[C@H]1[C@H](O)[C@@H](O)[C@@H](O)O[C@@H]1CO)[C@H](O)[C@@H](O)[C@H]2O. The minimum atomic E-state index is -2.21. The second kappa shape index (κ2) is 7.07. The molecule has 0 aromatic heterocycles. The minimum absolute atomic E-state index is 0.745. The molecule has 13 heteroatoms. The maximum absolute atomic E-state index is 11.8. The fourth-order valence-electron chi connectivity index (χ4n) is 3.10. The number of halogens is 1. The standard InChI is InChI=1S/C13H19ClO12/c14-11-13(12(22)25-11)8(20)4(17)6(19)10(26-13)24-7-2(1-15)23-9(21)5(18)3(7)16/h2-11,15-21H,1H2/t2-,3-,4-,5-,6-,7-,8-,9+,10-,11?,13+/m1/s1. The van der Waals surface area contributed by atoms with Crippen LogP contribution in [0.4, 0.5) is 0 Å². The zero-order valence-electron chi connectivity index (χ0n) is 13.0. The Bertz CT molecular complexity index is 547. The molecular weight excluding hydrogens is 384 g/mol. The monoisotopic (exact) mass is 402 g/mol. The van der Waals surface area contributed by atoms with Gasteiger partial charge in [0.2, 0.25) is 11.2 Å². The third-order valence-electron chi connectivity index (χ3n) is 4.70. The van der Waals surface area contributed by atoms with Gasteiger partial charge in [-0.25, -0.2) is 4.79 Å². The lowest BCUT2D eigenvalue weighted by Gasteiger charge is -2.53. The number of hydrogen-bond acceptors (Lipinski definition) is 12. The van der Waals surface area contributed by atoms with Crippen molar-refractivity contribution in [1.82, 2.24) is 0 Å². The molecule has 0 bridgehead atoms. The molecule has 3 saturated heterocycles. The highest BCUT2D eigenvalue weighted by molar-refractivity contribution is 6.25. The summed E-state index contributed by atoms with van der Waals surface area (Å²) >= 11 is 5.76. The molecule has 3 aliphatic rings. The van der Waals surface area contributed by atoms with Gasteiger partial charge in [0, 0.05) is 0 Å². The molecule has 0 aromatic carbocycles. The van der Waals surface area contributed by atoms with Crippen molar-refractivity contribution in [3.8, 4) is 0 Å². The summed E-state index contributed by atoms with van der Waals surface area (Å²) in [6.07, 6.45) is -15.8. The highest BCUT2D eigenvalue weighted by atomic mass is 35.5. The highest BCUT2D eigenvalue weighted by Crippen LogP contribution is 2.44. The van der Waals surface area contributed by atoms with E-state index in [9.17, 15) is 40.5 Å². The van der Waals surface area contributed by atoms with Crippen molar-refractivity contribution in [2.45, 2.75) is 66.5 Å². The lowest BCUT2D eigenvalue weighted by molar-refractivity contribution is -0.386. The van der Waals surface area contributed by atoms with Gasteiger partial charge >= 0.3 is 5.97 Å². The molecule has 3 heterocycles. The molecule has 0 amide bonds. The number of aliphatic hydroxyl groups is 7. The van der Waals surface area contributed by atoms with E-state index < -0.39 is 79.0 Å². The first-order valence-corrected chi connectivity index (χ1v) is 8.12. The second-order valence-electron chi connectivity index (χ2n) is 6.26. The maximum atomic E-state index is 11.8. The van der Waals surface area contributed by atoms with Crippen LogP contribution in [-0.4, -0.2) is 115 Å². The van der Waals surface area contributed by atoms with Crippen LogP contribution in [-0.2, 0) is 23.7 Å². The first-order valence-electron chi connectivity index (χ1n) is 7.68. The Morgan fingerprint density at radius 1 is 1.04 bits per heavy atom. The molecule has 11 atom stereocenters. The number of hydrogen-bond donors (Lipinski definition) is 7. The maximum Gasteiger partial charge on any atom is 0.348 e. The number of cyclic esters (lactones) is 1. The Labute approximate surface area is 151 Å². The molecule has 7 N–H and O–H groups in total. The molecule has 26 heavy (non-hydrogen) atoms. The van der Waals surface area contributed by atoms with Gasteiger partial charge in [-0.2, -0.15) is 0 Å². The van der Waals surface area contributed by atoms with E-state index in [-0.39, 0.29) is 0 Å². The van der Waals surface area contributed by atoms with Crippen molar-refractivity contribution in [1.29, 1.82) is 0 Å². The summed E-state index contributed by atoms with van der Waals surface area (Å²) in [5.41, 5.74) is -3.69. The van der Waals surface area contributed by atoms with E-state index in [0.29, 0.717) is 0 Å². The number of rotatable bonds is 3. The average Bonchev–Trinajstić information content (AvgIpc) is 2.61. The summed E-state index contributed by atoms with van der Waals surface area (Å²) in [5.74, 6) is -1.10. The first kappa shape index (κ1) is 20.1. The Balaban J connectivity index is 1.82. The van der Waals surface area contributed by atoms with Crippen LogP contribution < -0.4 is 0 Å². The molecule has 150 valence electrons. The molecule has 3 fully saturated rings. The van der Waals surface area contributed by atoms with Crippen LogP contribution in [0.5, 0.6) is 0 Å². The Morgan fingerprint density at radius 2 is 1.69 bits per heavy atom. The lowest BCUT2D eigenvalue weighted by atomic mass is 9.84. The molecule has 3 aliphatic heterocycles. The van der Waals surface area contributed by atoms with Crippen molar-refractivity contribution < 1.29 is 59.5 Å². The van der Waals surface area contributed by atoms with Gasteiger partial charge in [-0.1, -0.05) is 11.6 Å². The normalized spacial score (nSPS) is 54.7. The van der Waals surface area contributed by atoms with Crippen molar-refractivity contribution in [2.75, 3.05) is 6.61 Å². The zero-order chi connectivity index (χ0) is 19.4. The van der Waals surface area contributed by atoms with Gasteiger partial charge < -0.3 is 54.7 Å². The van der Waals surface area contributed by atoms with E-state index in [4.69, 9.17) is 25.8 Å². The van der Waals surface area contributed by atoms with Crippen LogP contribution in [0.2, 0.25) is 0 Å². The summed E-state index contributed by atoms with van der Waals surface area (Å²) in [5, 5.41) is 68.7. The van der Waals surface area contributed by atoms with Gasteiger partial charge in [-0.05, 0) is 0 Å². The molecule has 0 aromatic rings. The number of alkyl halides is 1. The quantitative estimate of drug-likeness (QED) is 0.176. The summed E-state index contributed by atoms with van der Waals surface area (Å²) in [4.78, 5) is 11.8. The summed E-state index contributed by atoms with van der Waals surface area (Å²) < 4.78 is 20.0. The summed E-state index contributed by atoms with van der Waals surface area (Å²) in [7, 11) is 0. The second-order valence-corrected chi connectivity index (χ2v) is 6.65. The van der Waals surface area contributed by atoms with E-state index in [1.807, 2.05) is 0 Å². The molecule has 0 saturated carbocycles. The van der Waals surface area contributed by atoms with Crippen LogP contribution in [0.1, 0.15) is 0 Å². The van der Waals surface area contributed by atoms with E-state index in [1.54, 1.807) is 0 Å². The van der Waals surface area contributed by atoms with Crippen molar-refractivity contribution in [3.63, 3.8) is 0 Å². The van der Waals surface area contributed by atoms with Crippen LogP contribution in [0.3, 0.4) is 0 Å². The van der Waals surface area contributed by atoms with E-state index in [2.05, 4.69) is 4.74 Å². The summed E-state index contributed by atoms with van der Waals surface area (Å²) in [6, 6.07) is 0. The minimum Gasteiger partial charge on any atom is -0.440 e. The highest BCUT2D eigenvalue weighted by Gasteiger charge is 2.71. The topological polar surface area (TPSA) is 196 Å². The number of carbonyl (C=O) groups is 1. The predicted octanol–water partition coefficient (Wildman–Crippen LogP) is -4.90. The van der Waals surface area contributed by atoms with Gasteiger partial charge in [-0.3, -0.25) is 0 Å². The average molecular weight is 403 g/mol. The van der Waals surface area contributed by atoms with E-state index in [1.165, 1.54) is 0 Å². The van der Waals surface area contributed by atoms with E-state index >= 15 is 0 Å². The number of ether oxygens (including phenoxy) is 4. The molecule has 0 aliphatic carbocycles. The molecule has 12 nitrogen and oxygen atoms in total.